The van der Waals surface area contributed by atoms with Gasteiger partial charge in [-0.05, 0) is 42.5 Å². The molecule has 0 aromatic heterocycles. The average Bonchev–Trinajstić information content (AvgIpc) is 3.06. The predicted octanol–water partition coefficient (Wildman–Crippen LogP) is 1.59. The Hall–Kier alpha value is -1.87. The molecule has 0 spiro atoms. The summed E-state index contributed by atoms with van der Waals surface area (Å²) in [5.74, 6) is -1.11. The van der Waals surface area contributed by atoms with Crippen molar-refractivity contribution in [3.63, 3.8) is 0 Å². The van der Waals surface area contributed by atoms with Gasteiger partial charge >= 0.3 is 5.97 Å². The molecule has 100 valence electrons. The van der Waals surface area contributed by atoms with E-state index in [1.807, 2.05) is 6.07 Å². The van der Waals surface area contributed by atoms with E-state index in [1.54, 1.807) is 0 Å². The average molecular weight is 279 g/mol. The monoisotopic (exact) mass is 279 g/mol. The molecule has 0 unspecified atom stereocenters. The Morgan fingerprint density at radius 3 is 2.32 bits per heavy atom. The Bertz CT molecular complexity index is 636. The Kier molecular flexibility index (Phi) is 3.33. The van der Waals surface area contributed by atoms with Gasteiger partial charge in [-0.1, -0.05) is 0 Å². The summed E-state index contributed by atoms with van der Waals surface area (Å²) in [5, 5.41) is 17.5. The highest BCUT2D eigenvalue weighted by Crippen LogP contribution is 2.50. The number of aliphatic carboxylic acids is 1. The zero-order valence-corrected chi connectivity index (χ0v) is 11.0. The van der Waals surface area contributed by atoms with Crippen molar-refractivity contribution >= 4 is 15.8 Å². The van der Waals surface area contributed by atoms with Crippen LogP contribution in [-0.4, -0.2) is 25.2 Å². The van der Waals surface area contributed by atoms with E-state index in [9.17, 15) is 13.2 Å². The Balaban J connectivity index is 2.19. The summed E-state index contributed by atoms with van der Waals surface area (Å²) < 4.78 is 24.4. The number of carbonyl (C=O) groups is 1. The standard InChI is InChI=1S/C13H13NO4S/c14-8-10-1-3-11(4-2-10)19(17,18)9-13(5-6-13)7-12(15)16/h1-4H,5-7,9H2,(H,15,16). The van der Waals surface area contributed by atoms with Gasteiger partial charge in [0.25, 0.3) is 0 Å². The fourth-order valence-corrected chi connectivity index (χ4v) is 4.01. The van der Waals surface area contributed by atoms with Gasteiger partial charge in [0.2, 0.25) is 0 Å². The lowest BCUT2D eigenvalue weighted by Gasteiger charge is -2.12. The van der Waals surface area contributed by atoms with E-state index in [0.717, 1.165) is 0 Å². The van der Waals surface area contributed by atoms with Crippen molar-refractivity contribution < 1.29 is 18.3 Å². The van der Waals surface area contributed by atoms with E-state index in [4.69, 9.17) is 10.4 Å². The fourth-order valence-electron chi connectivity index (χ4n) is 2.09. The molecular formula is C13H13NO4S. The van der Waals surface area contributed by atoms with Crippen LogP contribution in [0.2, 0.25) is 0 Å². The molecule has 1 aliphatic carbocycles. The maximum absolute atomic E-state index is 12.2. The predicted molar refractivity (Wildman–Crippen MR) is 67.1 cm³/mol. The first-order chi connectivity index (χ1) is 8.87. The Labute approximate surface area is 111 Å². The van der Waals surface area contributed by atoms with Gasteiger partial charge in [0.1, 0.15) is 0 Å². The normalized spacial score (nSPS) is 16.6. The van der Waals surface area contributed by atoms with Gasteiger partial charge < -0.3 is 5.11 Å². The van der Waals surface area contributed by atoms with Crippen molar-refractivity contribution in [2.24, 2.45) is 5.41 Å². The topological polar surface area (TPSA) is 95.2 Å². The molecular weight excluding hydrogens is 266 g/mol. The van der Waals surface area contributed by atoms with Gasteiger partial charge in [0.05, 0.1) is 28.7 Å². The molecule has 0 amide bonds. The third-order valence-electron chi connectivity index (χ3n) is 3.32. The van der Waals surface area contributed by atoms with Crippen molar-refractivity contribution in [2.75, 3.05) is 5.75 Å². The molecule has 0 bridgehead atoms. The maximum atomic E-state index is 12.2. The third kappa shape index (κ3) is 3.12. The van der Waals surface area contributed by atoms with Crippen LogP contribution in [0.5, 0.6) is 0 Å². The largest absolute Gasteiger partial charge is 0.481 e. The second kappa shape index (κ2) is 4.67. The molecule has 1 aromatic carbocycles. The van der Waals surface area contributed by atoms with Crippen molar-refractivity contribution in [1.29, 1.82) is 5.26 Å². The number of carboxylic acid groups (broad SMARTS) is 1. The van der Waals surface area contributed by atoms with E-state index in [1.165, 1.54) is 24.3 Å². The van der Waals surface area contributed by atoms with E-state index in [2.05, 4.69) is 0 Å². The van der Waals surface area contributed by atoms with Crippen LogP contribution in [-0.2, 0) is 14.6 Å². The van der Waals surface area contributed by atoms with Crippen molar-refractivity contribution in [2.45, 2.75) is 24.2 Å². The molecule has 0 radical (unpaired) electrons. The Morgan fingerprint density at radius 2 is 1.89 bits per heavy atom. The van der Waals surface area contributed by atoms with Gasteiger partial charge in [0, 0.05) is 0 Å². The number of nitriles is 1. The lowest BCUT2D eigenvalue weighted by Crippen LogP contribution is -2.20. The van der Waals surface area contributed by atoms with Crippen LogP contribution in [0, 0.1) is 16.7 Å². The summed E-state index contributed by atoms with van der Waals surface area (Å²) in [5.41, 5.74) is -0.205. The molecule has 0 aliphatic heterocycles. The number of carboxylic acids is 1. The van der Waals surface area contributed by atoms with Crippen LogP contribution in [0.25, 0.3) is 0 Å². The summed E-state index contributed by atoms with van der Waals surface area (Å²) in [7, 11) is -3.50. The van der Waals surface area contributed by atoms with E-state index in [0.29, 0.717) is 18.4 Å². The van der Waals surface area contributed by atoms with E-state index in [-0.39, 0.29) is 17.1 Å². The number of hydrogen-bond donors (Lipinski definition) is 1. The summed E-state index contributed by atoms with van der Waals surface area (Å²) in [6, 6.07) is 7.60. The van der Waals surface area contributed by atoms with Crippen molar-refractivity contribution in [1.82, 2.24) is 0 Å². The maximum Gasteiger partial charge on any atom is 0.303 e. The summed E-state index contributed by atoms with van der Waals surface area (Å²) in [6.07, 6.45) is 1.16. The van der Waals surface area contributed by atoms with Gasteiger partial charge in [-0.2, -0.15) is 5.26 Å². The van der Waals surface area contributed by atoms with Crippen molar-refractivity contribution in [3.8, 4) is 6.07 Å². The molecule has 1 aliphatic rings. The second-order valence-electron chi connectivity index (χ2n) is 4.97. The first-order valence-electron chi connectivity index (χ1n) is 5.82. The molecule has 19 heavy (non-hydrogen) atoms. The quantitative estimate of drug-likeness (QED) is 0.883. The van der Waals surface area contributed by atoms with Crippen LogP contribution < -0.4 is 0 Å². The van der Waals surface area contributed by atoms with Crippen LogP contribution in [0.15, 0.2) is 29.2 Å². The first-order valence-corrected chi connectivity index (χ1v) is 7.47. The zero-order chi connectivity index (χ0) is 14.1. The first kappa shape index (κ1) is 13.6. The van der Waals surface area contributed by atoms with E-state index >= 15 is 0 Å². The smallest absolute Gasteiger partial charge is 0.303 e. The van der Waals surface area contributed by atoms with Crippen LogP contribution in [0.1, 0.15) is 24.8 Å². The number of nitrogens with zero attached hydrogens (tertiary/aromatic N) is 1. The number of benzene rings is 1. The summed E-state index contributed by atoms with van der Waals surface area (Å²) in [6.45, 7) is 0. The molecule has 1 N–H and O–H groups in total. The molecule has 2 rings (SSSR count). The molecule has 0 atom stereocenters. The highest BCUT2D eigenvalue weighted by molar-refractivity contribution is 7.91. The van der Waals surface area contributed by atoms with Gasteiger partial charge in [-0.25, -0.2) is 8.42 Å². The van der Waals surface area contributed by atoms with E-state index < -0.39 is 21.2 Å². The molecule has 0 heterocycles. The lowest BCUT2D eigenvalue weighted by molar-refractivity contribution is -0.138. The summed E-state index contributed by atoms with van der Waals surface area (Å²) >= 11 is 0. The van der Waals surface area contributed by atoms with Crippen LogP contribution in [0.3, 0.4) is 0 Å². The molecule has 1 aromatic rings. The van der Waals surface area contributed by atoms with Gasteiger partial charge in [-0.15, -0.1) is 0 Å². The minimum absolute atomic E-state index is 0.109. The molecule has 6 heteroatoms. The van der Waals surface area contributed by atoms with Gasteiger partial charge in [-0.3, -0.25) is 4.79 Å². The van der Waals surface area contributed by atoms with Crippen molar-refractivity contribution in [3.05, 3.63) is 29.8 Å². The fraction of sp³-hybridized carbons (Fsp3) is 0.385. The zero-order valence-electron chi connectivity index (χ0n) is 10.2. The minimum atomic E-state index is -3.50. The highest BCUT2D eigenvalue weighted by Gasteiger charge is 2.47. The number of hydrogen-bond acceptors (Lipinski definition) is 4. The SMILES string of the molecule is N#Cc1ccc(S(=O)(=O)CC2(CC(=O)O)CC2)cc1. The second-order valence-corrected chi connectivity index (χ2v) is 6.96. The Morgan fingerprint density at radius 1 is 1.32 bits per heavy atom. The minimum Gasteiger partial charge on any atom is -0.481 e. The third-order valence-corrected chi connectivity index (χ3v) is 5.30. The van der Waals surface area contributed by atoms with Crippen LogP contribution >= 0.6 is 0 Å². The van der Waals surface area contributed by atoms with Gasteiger partial charge in [0.15, 0.2) is 9.84 Å². The number of rotatable bonds is 5. The number of sulfone groups is 1. The highest BCUT2D eigenvalue weighted by atomic mass is 32.2. The lowest BCUT2D eigenvalue weighted by atomic mass is 10.1. The molecule has 0 saturated heterocycles. The summed E-state index contributed by atoms with van der Waals surface area (Å²) in [4.78, 5) is 10.9. The molecule has 1 fully saturated rings. The molecule has 5 nitrogen and oxygen atoms in total. The molecule has 1 saturated carbocycles. The van der Waals surface area contributed by atoms with Crippen LogP contribution in [0.4, 0.5) is 0 Å².